The molecule has 94 valence electrons. The summed E-state index contributed by atoms with van der Waals surface area (Å²) < 4.78 is 25.9. The van der Waals surface area contributed by atoms with Gasteiger partial charge < -0.3 is 0 Å². The first-order valence-corrected chi connectivity index (χ1v) is 6.94. The van der Waals surface area contributed by atoms with Crippen molar-refractivity contribution in [3.8, 4) is 0 Å². The predicted molar refractivity (Wildman–Crippen MR) is 63.0 cm³/mol. The van der Waals surface area contributed by atoms with Crippen molar-refractivity contribution in [3.05, 3.63) is 36.2 Å². The molecule has 7 heteroatoms. The summed E-state index contributed by atoms with van der Waals surface area (Å²) in [6.45, 7) is 0.391. The van der Waals surface area contributed by atoms with Crippen molar-refractivity contribution in [2.24, 2.45) is 0 Å². The van der Waals surface area contributed by atoms with Crippen molar-refractivity contribution in [2.75, 3.05) is 13.1 Å². The lowest BCUT2D eigenvalue weighted by molar-refractivity contribution is -0.118. The molecule has 18 heavy (non-hydrogen) atoms. The molecule has 0 amide bonds. The van der Waals surface area contributed by atoms with Gasteiger partial charge in [0.05, 0.1) is 12.2 Å². The van der Waals surface area contributed by atoms with Gasteiger partial charge in [-0.1, -0.05) is 6.07 Å². The fourth-order valence-electron chi connectivity index (χ4n) is 2.19. The molecule has 0 bridgehead atoms. The topological polar surface area (TPSA) is 79.4 Å². The number of hydrogen-bond acceptors (Lipinski definition) is 5. The summed E-state index contributed by atoms with van der Waals surface area (Å²) in [7, 11) is -3.73. The van der Waals surface area contributed by atoms with Gasteiger partial charge in [-0.25, -0.2) is 4.98 Å². The van der Waals surface area contributed by atoms with Crippen molar-refractivity contribution in [1.82, 2.24) is 14.6 Å². The molecule has 0 aromatic carbocycles. The van der Waals surface area contributed by atoms with E-state index in [2.05, 4.69) is 10.3 Å². The van der Waals surface area contributed by atoms with Crippen LogP contribution in [0.3, 0.4) is 0 Å². The Balaban J connectivity index is 2.04. The van der Waals surface area contributed by atoms with Crippen molar-refractivity contribution >= 4 is 15.8 Å². The average molecular weight is 265 g/mol. The summed E-state index contributed by atoms with van der Waals surface area (Å²) in [6.07, 6.45) is 3.15. The molecule has 1 aromatic heterocycles. The predicted octanol–water partition coefficient (Wildman–Crippen LogP) is -0.489. The van der Waals surface area contributed by atoms with Crippen LogP contribution >= 0.6 is 0 Å². The lowest BCUT2D eigenvalue weighted by Crippen LogP contribution is -2.30. The van der Waals surface area contributed by atoms with E-state index >= 15 is 0 Å². The normalized spacial score (nSPS) is 23.1. The lowest BCUT2D eigenvalue weighted by Gasteiger charge is -2.18. The quantitative estimate of drug-likeness (QED) is 0.780. The second-order valence-corrected chi connectivity index (χ2v) is 5.93. The van der Waals surface area contributed by atoms with Crippen LogP contribution in [-0.4, -0.2) is 42.6 Å². The van der Waals surface area contributed by atoms with Gasteiger partial charge in [0.1, 0.15) is 6.04 Å². The molecule has 1 saturated heterocycles. The molecule has 6 nitrogen and oxygen atoms in total. The van der Waals surface area contributed by atoms with Gasteiger partial charge in [0.15, 0.2) is 10.8 Å². The summed E-state index contributed by atoms with van der Waals surface area (Å²) in [5, 5.41) is 2.92. The highest BCUT2D eigenvalue weighted by atomic mass is 32.2. The summed E-state index contributed by atoms with van der Waals surface area (Å²) in [5.74, 6) is -0.127. The highest BCUT2D eigenvalue weighted by Gasteiger charge is 2.43. The van der Waals surface area contributed by atoms with Crippen LogP contribution in [0.25, 0.3) is 0 Å². The van der Waals surface area contributed by atoms with Crippen LogP contribution in [0, 0.1) is 0 Å². The third kappa shape index (κ3) is 1.55. The Kier molecular flexibility index (Phi) is 2.46. The molecule has 0 saturated carbocycles. The first-order chi connectivity index (χ1) is 8.60. The first kappa shape index (κ1) is 11.4. The molecule has 1 atom stereocenters. The molecule has 1 unspecified atom stereocenters. The van der Waals surface area contributed by atoms with Gasteiger partial charge >= 0.3 is 0 Å². The minimum atomic E-state index is -3.73. The standard InChI is InChI=1S/C11H11N3O3S/c15-9-7-14(8-4-6-13-11(8)9)18(16,17)10-3-1-2-5-12-10/h1-5,11,13H,6-7H2. The molecule has 3 rings (SSSR count). The Morgan fingerprint density at radius 1 is 1.39 bits per heavy atom. The maximum atomic E-state index is 12.4. The zero-order valence-corrected chi connectivity index (χ0v) is 10.2. The first-order valence-electron chi connectivity index (χ1n) is 5.50. The minimum absolute atomic E-state index is 0.0359. The molecule has 0 radical (unpaired) electrons. The number of hydrogen-bond donors (Lipinski definition) is 1. The number of carbonyl (C=O) groups is 1. The SMILES string of the molecule is O=C1CN(S(=O)(=O)c2ccccn2)C2=CCNC12. The Hall–Kier alpha value is -1.73. The van der Waals surface area contributed by atoms with Gasteiger partial charge in [-0.2, -0.15) is 8.42 Å². The maximum Gasteiger partial charge on any atom is 0.282 e. The number of nitrogens with zero attached hydrogens (tertiary/aromatic N) is 2. The Bertz CT molecular complexity index is 624. The van der Waals surface area contributed by atoms with Crippen LogP contribution in [-0.2, 0) is 14.8 Å². The van der Waals surface area contributed by atoms with Crippen LogP contribution < -0.4 is 5.32 Å². The van der Waals surface area contributed by atoms with Gasteiger partial charge in [-0.05, 0) is 18.2 Å². The molecule has 2 aliphatic heterocycles. The highest BCUT2D eigenvalue weighted by Crippen LogP contribution is 2.28. The summed E-state index contributed by atoms with van der Waals surface area (Å²) in [6, 6.07) is 4.20. The maximum absolute atomic E-state index is 12.4. The van der Waals surface area contributed by atoms with Crippen molar-refractivity contribution < 1.29 is 13.2 Å². The van der Waals surface area contributed by atoms with E-state index in [4.69, 9.17) is 0 Å². The van der Waals surface area contributed by atoms with Crippen LogP contribution in [0.4, 0.5) is 0 Å². The number of rotatable bonds is 2. The Morgan fingerprint density at radius 2 is 2.22 bits per heavy atom. The third-order valence-corrected chi connectivity index (χ3v) is 4.72. The smallest absolute Gasteiger partial charge is 0.282 e. The number of Topliss-reactive ketones (excluding diaryl/α,β-unsaturated/α-hetero) is 1. The van der Waals surface area contributed by atoms with Crippen LogP contribution in [0.1, 0.15) is 0 Å². The van der Waals surface area contributed by atoms with E-state index in [-0.39, 0.29) is 17.4 Å². The van der Waals surface area contributed by atoms with E-state index in [0.29, 0.717) is 12.2 Å². The fraction of sp³-hybridized carbons (Fsp3) is 0.273. The number of ketones is 1. The molecular weight excluding hydrogens is 254 g/mol. The van der Waals surface area contributed by atoms with E-state index in [1.807, 2.05) is 0 Å². The van der Waals surface area contributed by atoms with E-state index in [0.717, 1.165) is 4.31 Å². The molecule has 0 spiro atoms. The average Bonchev–Trinajstić information content (AvgIpc) is 2.95. The number of sulfonamides is 1. The van der Waals surface area contributed by atoms with Crippen LogP contribution in [0.5, 0.6) is 0 Å². The molecule has 1 aromatic rings. The second-order valence-electron chi connectivity index (χ2n) is 4.12. The summed E-state index contributed by atoms with van der Waals surface area (Å²) in [5.41, 5.74) is 0.519. The zero-order chi connectivity index (χ0) is 12.8. The van der Waals surface area contributed by atoms with Crippen molar-refractivity contribution in [3.63, 3.8) is 0 Å². The molecular formula is C11H11N3O3S. The second kappa shape index (κ2) is 3.89. The Labute approximate surface area is 104 Å². The van der Waals surface area contributed by atoms with Gasteiger partial charge in [-0.3, -0.25) is 14.4 Å². The van der Waals surface area contributed by atoms with E-state index in [1.54, 1.807) is 18.2 Å². The van der Waals surface area contributed by atoms with Crippen molar-refractivity contribution in [1.29, 1.82) is 0 Å². The van der Waals surface area contributed by atoms with E-state index in [9.17, 15) is 13.2 Å². The molecule has 1 N–H and O–H groups in total. The number of aromatic nitrogens is 1. The van der Waals surface area contributed by atoms with Crippen LogP contribution in [0.2, 0.25) is 0 Å². The number of fused-ring (bicyclic) bond motifs is 1. The summed E-state index contributed by atoms with van der Waals surface area (Å²) in [4.78, 5) is 15.6. The Morgan fingerprint density at radius 3 is 2.94 bits per heavy atom. The monoisotopic (exact) mass is 265 g/mol. The number of nitrogens with one attached hydrogen (secondary N) is 1. The molecule has 2 aliphatic rings. The number of pyridine rings is 1. The molecule has 3 heterocycles. The minimum Gasteiger partial charge on any atom is -0.299 e. The van der Waals surface area contributed by atoms with Gasteiger partial charge in [0.2, 0.25) is 0 Å². The molecule has 1 fully saturated rings. The summed E-state index contributed by atoms with van der Waals surface area (Å²) >= 11 is 0. The fourth-order valence-corrected chi connectivity index (χ4v) is 3.61. The third-order valence-electron chi connectivity index (χ3n) is 3.03. The van der Waals surface area contributed by atoms with E-state index in [1.165, 1.54) is 12.3 Å². The van der Waals surface area contributed by atoms with Gasteiger partial charge in [0, 0.05) is 12.7 Å². The zero-order valence-electron chi connectivity index (χ0n) is 9.41. The number of carbonyl (C=O) groups excluding carboxylic acids is 1. The highest BCUT2D eigenvalue weighted by molar-refractivity contribution is 7.89. The lowest BCUT2D eigenvalue weighted by atomic mass is 10.2. The van der Waals surface area contributed by atoms with Crippen LogP contribution in [0.15, 0.2) is 41.2 Å². The van der Waals surface area contributed by atoms with Gasteiger partial charge in [-0.15, -0.1) is 0 Å². The van der Waals surface area contributed by atoms with Gasteiger partial charge in [0.25, 0.3) is 10.0 Å². The van der Waals surface area contributed by atoms with Crippen molar-refractivity contribution in [2.45, 2.75) is 11.1 Å². The van der Waals surface area contributed by atoms with E-state index < -0.39 is 16.1 Å². The molecule has 0 aliphatic carbocycles. The largest absolute Gasteiger partial charge is 0.299 e.